The fourth-order valence-electron chi connectivity index (χ4n) is 6.05. The second-order valence-corrected chi connectivity index (χ2v) is 9.72. The maximum absolute atomic E-state index is 5.09. The van der Waals surface area contributed by atoms with Gasteiger partial charge in [-0.15, -0.1) is 0 Å². The molecule has 1 aliphatic carbocycles. The van der Waals surface area contributed by atoms with E-state index in [9.17, 15) is 0 Å². The molecule has 1 saturated carbocycles. The SMILES string of the molecule is c1ccc2c(c1)nc(C1CCCN1)n2C1CCN(CC2CCCCCCC2)CC1. The van der Waals surface area contributed by atoms with E-state index in [0.717, 1.165) is 12.5 Å². The van der Waals surface area contributed by atoms with Crippen molar-refractivity contribution in [3.8, 4) is 0 Å². The Morgan fingerprint density at radius 3 is 2.38 bits per heavy atom. The summed E-state index contributed by atoms with van der Waals surface area (Å²) in [6, 6.07) is 9.82. The van der Waals surface area contributed by atoms with Crippen LogP contribution in [0.15, 0.2) is 24.3 Å². The molecule has 1 atom stereocenters. The number of fused-ring (bicyclic) bond motifs is 1. The molecule has 2 saturated heterocycles. The predicted octanol–water partition coefficient (Wildman–Crippen LogP) is 5.46. The van der Waals surface area contributed by atoms with Crippen molar-refractivity contribution < 1.29 is 0 Å². The molecule has 5 rings (SSSR count). The van der Waals surface area contributed by atoms with Crippen LogP contribution >= 0.6 is 0 Å². The molecule has 0 amide bonds. The van der Waals surface area contributed by atoms with Gasteiger partial charge in [0.15, 0.2) is 0 Å². The van der Waals surface area contributed by atoms with Crippen LogP contribution in [-0.4, -0.2) is 40.6 Å². The van der Waals surface area contributed by atoms with Crippen LogP contribution in [0.4, 0.5) is 0 Å². The van der Waals surface area contributed by atoms with Crippen molar-refractivity contribution in [2.75, 3.05) is 26.2 Å². The highest BCUT2D eigenvalue weighted by atomic mass is 15.2. The van der Waals surface area contributed by atoms with Crippen LogP contribution in [0.1, 0.15) is 88.5 Å². The minimum atomic E-state index is 0.440. The van der Waals surface area contributed by atoms with Gasteiger partial charge in [-0.1, -0.05) is 44.2 Å². The fourth-order valence-corrected chi connectivity index (χ4v) is 6.05. The van der Waals surface area contributed by atoms with Crippen molar-refractivity contribution in [1.29, 1.82) is 0 Å². The minimum Gasteiger partial charge on any atom is -0.323 e. The summed E-state index contributed by atoms with van der Waals surface area (Å²) < 4.78 is 2.62. The van der Waals surface area contributed by atoms with E-state index in [1.807, 2.05) is 0 Å². The first-order valence-electron chi connectivity index (χ1n) is 12.3. The fraction of sp³-hybridized carbons (Fsp3) is 0.720. The molecule has 1 aromatic heterocycles. The molecule has 2 aliphatic heterocycles. The summed E-state index contributed by atoms with van der Waals surface area (Å²) in [6.07, 6.45) is 15.3. The number of hydrogen-bond donors (Lipinski definition) is 1. The zero-order chi connectivity index (χ0) is 19.5. The average molecular weight is 395 g/mol. The van der Waals surface area contributed by atoms with Gasteiger partial charge in [0.25, 0.3) is 0 Å². The largest absolute Gasteiger partial charge is 0.323 e. The summed E-state index contributed by atoms with van der Waals surface area (Å²) in [4.78, 5) is 7.86. The van der Waals surface area contributed by atoms with E-state index >= 15 is 0 Å². The maximum Gasteiger partial charge on any atom is 0.127 e. The normalized spacial score (nSPS) is 26.0. The van der Waals surface area contributed by atoms with Crippen LogP contribution in [0.3, 0.4) is 0 Å². The Morgan fingerprint density at radius 1 is 0.862 bits per heavy atom. The first-order valence-corrected chi connectivity index (χ1v) is 12.3. The van der Waals surface area contributed by atoms with E-state index in [4.69, 9.17) is 4.98 Å². The van der Waals surface area contributed by atoms with Gasteiger partial charge in [-0.2, -0.15) is 0 Å². The van der Waals surface area contributed by atoms with Crippen molar-refractivity contribution >= 4 is 11.0 Å². The van der Waals surface area contributed by atoms with E-state index in [-0.39, 0.29) is 0 Å². The number of piperidine rings is 1. The molecule has 4 heteroatoms. The monoisotopic (exact) mass is 394 g/mol. The first-order chi connectivity index (χ1) is 14.4. The second-order valence-electron chi connectivity index (χ2n) is 9.72. The number of nitrogens with one attached hydrogen (secondary N) is 1. The molecule has 4 nitrogen and oxygen atoms in total. The summed E-state index contributed by atoms with van der Waals surface area (Å²) in [7, 11) is 0. The Kier molecular flexibility index (Phi) is 6.19. The maximum atomic E-state index is 5.09. The zero-order valence-electron chi connectivity index (χ0n) is 18.0. The lowest BCUT2D eigenvalue weighted by Gasteiger charge is -2.36. The van der Waals surface area contributed by atoms with Crippen molar-refractivity contribution in [2.45, 2.75) is 82.7 Å². The number of rotatable bonds is 4. The minimum absolute atomic E-state index is 0.440. The summed E-state index contributed by atoms with van der Waals surface area (Å²) in [6.45, 7) is 4.98. The molecule has 3 fully saturated rings. The topological polar surface area (TPSA) is 33.1 Å². The molecule has 29 heavy (non-hydrogen) atoms. The third-order valence-corrected chi connectivity index (χ3v) is 7.66. The van der Waals surface area contributed by atoms with Gasteiger partial charge in [0.2, 0.25) is 0 Å². The van der Waals surface area contributed by atoms with Gasteiger partial charge < -0.3 is 14.8 Å². The molecule has 158 valence electrons. The number of likely N-dealkylation sites (tertiary alicyclic amines) is 1. The van der Waals surface area contributed by atoms with Crippen molar-refractivity contribution in [3.63, 3.8) is 0 Å². The molecule has 2 aromatic rings. The molecular formula is C25H38N4. The molecule has 3 aliphatic rings. The first kappa shape index (κ1) is 19.6. The van der Waals surface area contributed by atoms with Gasteiger partial charge in [0.1, 0.15) is 5.82 Å². The van der Waals surface area contributed by atoms with Gasteiger partial charge in [-0.05, 0) is 63.1 Å². The van der Waals surface area contributed by atoms with E-state index in [0.29, 0.717) is 12.1 Å². The highest BCUT2D eigenvalue weighted by Gasteiger charge is 2.29. The summed E-state index contributed by atoms with van der Waals surface area (Å²) in [5, 5.41) is 3.69. The van der Waals surface area contributed by atoms with Crippen molar-refractivity contribution in [1.82, 2.24) is 19.8 Å². The van der Waals surface area contributed by atoms with Crippen LogP contribution in [0.25, 0.3) is 11.0 Å². The van der Waals surface area contributed by atoms with E-state index in [1.165, 1.54) is 107 Å². The third-order valence-electron chi connectivity index (χ3n) is 7.66. The average Bonchev–Trinajstić information content (AvgIpc) is 3.38. The Morgan fingerprint density at radius 2 is 1.62 bits per heavy atom. The molecule has 0 bridgehead atoms. The quantitative estimate of drug-likeness (QED) is 0.748. The molecule has 3 heterocycles. The lowest BCUT2D eigenvalue weighted by atomic mass is 9.90. The van der Waals surface area contributed by atoms with Crippen molar-refractivity contribution in [3.05, 3.63) is 30.1 Å². The third kappa shape index (κ3) is 4.39. The molecule has 1 N–H and O–H groups in total. The van der Waals surface area contributed by atoms with Gasteiger partial charge in [-0.25, -0.2) is 4.98 Å². The standard InChI is InChI=1S/C25H38N4/c1-2-4-9-20(10-5-3-1)19-28-17-14-21(15-18-28)29-24-13-7-6-11-22(24)27-25(29)23-12-8-16-26-23/h6-7,11,13,20-21,23,26H,1-5,8-10,12,14-19H2. The predicted molar refractivity (Wildman–Crippen MR) is 120 cm³/mol. The van der Waals surface area contributed by atoms with Crippen LogP contribution in [0.5, 0.6) is 0 Å². The van der Waals surface area contributed by atoms with Crippen LogP contribution in [0.2, 0.25) is 0 Å². The van der Waals surface area contributed by atoms with E-state index in [2.05, 4.69) is 39.0 Å². The van der Waals surface area contributed by atoms with Gasteiger partial charge >= 0.3 is 0 Å². The lowest BCUT2D eigenvalue weighted by molar-refractivity contribution is 0.151. The number of hydrogen-bond acceptors (Lipinski definition) is 3. The summed E-state index contributed by atoms with van der Waals surface area (Å²) in [5.74, 6) is 2.24. The Bertz CT molecular complexity index is 775. The number of aromatic nitrogens is 2. The highest BCUT2D eigenvalue weighted by Crippen LogP contribution is 2.34. The summed E-state index contributed by atoms with van der Waals surface area (Å²) in [5.41, 5.74) is 2.52. The zero-order valence-corrected chi connectivity index (χ0v) is 18.0. The van der Waals surface area contributed by atoms with E-state index in [1.54, 1.807) is 0 Å². The van der Waals surface area contributed by atoms with Crippen molar-refractivity contribution in [2.24, 2.45) is 5.92 Å². The Hall–Kier alpha value is -1.39. The lowest BCUT2D eigenvalue weighted by Crippen LogP contribution is -2.38. The number of benzene rings is 1. The molecule has 0 radical (unpaired) electrons. The van der Waals surface area contributed by atoms with Gasteiger partial charge in [0.05, 0.1) is 17.1 Å². The molecular weight excluding hydrogens is 356 g/mol. The summed E-state index contributed by atoms with van der Waals surface area (Å²) >= 11 is 0. The molecule has 1 aromatic carbocycles. The second kappa shape index (κ2) is 9.18. The number of nitrogens with zero attached hydrogens (tertiary/aromatic N) is 3. The van der Waals surface area contributed by atoms with Crippen LogP contribution in [-0.2, 0) is 0 Å². The molecule has 0 spiro atoms. The number of imidazole rings is 1. The van der Waals surface area contributed by atoms with Gasteiger partial charge in [0, 0.05) is 25.7 Å². The highest BCUT2D eigenvalue weighted by molar-refractivity contribution is 5.76. The van der Waals surface area contributed by atoms with Crippen LogP contribution in [0, 0.1) is 5.92 Å². The van der Waals surface area contributed by atoms with Gasteiger partial charge in [-0.3, -0.25) is 0 Å². The van der Waals surface area contributed by atoms with E-state index < -0.39 is 0 Å². The Balaban J connectivity index is 1.28. The smallest absolute Gasteiger partial charge is 0.127 e. The van der Waals surface area contributed by atoms with Crippen LogP contribution < -0.4 is 5.32 Å². The number of para-hydroxylation sites is 2. The molecule has 1 unspecified atom stereocenters. The Labute approximate surface area is 176 Å².